The Morgan fingerprint density at radius 3 is 2.92 bits per heavy atom. The molecule has 6 nitrogen and oxygen atoms in total. The molecule has 2 amide bonds. The lowest BCUT2D eigenvalue weighted by Crippen LogP contribution is -2.47. The Morgan fingerprint density at radius 2 is 2.21 bits per heavy atom. The number of urea groups is 1. The highest BCUT2D eigenvalue weighted by Gasteiger charge is 2.21. The fourth-order valence-electron chi connectivity index (χ4n) is 3.01. The average Bonchev–Trinajstić information content (AvgIpc) is 2.59. The maximum atomic E-state index is 12.1. The van der Waals surface area contributed by atoms with Gasteiger partial charge in [0.2, 0.25) is 0 Å². The van der Waals surface area contributed by atoms with Gasteiger partial charge in [-0.1, -0.05) is 13.0 Å². The molecule has 0 bridgehead atoms. The second-order valence-electron chi connectivity index (χ2n) is 6.50. The Hall–Kier alpha value is -2.08. The highest BCUT2D eigenvalue weighted by Crippen LogP contribution is 2.17. The monoisotopic (exact) mass is 333 g/mol. The van der Waals surface area contributed by atoms with Gasteiger partial charge >= 0.3 is 12.0 Å². The van der Waals surface area contributed by atoms with Crippen molar-refractivity contribution in [1.82, 2.24) is 10.2 Å². The van der Waals surface area contributed by atoms with Crippen molar-refractivity contribution >= 4 is 17.7 Å². The number of nitrogens with one attached hydrogen (secondary N) is 2. The molecular weight excluding hydrogens is 306 g/mol. The fourth-order valence-corrected chi connectivity index (χ4v) is 3.01. The van der Waals surface area contributed by atoms with Crippen LogP contribution in [0.25, 0.3) is 0 Å². The highest BCUT2D eigenvalue weighted by molar-refractivity contribution is 5.93. The summed E-state index contributed by atoms with van der Waals surface area (Å²) in [6, 6.07) is 6.73. The molecular formula is C18H27N3O3. The first-order valence-electron chi connectivity index (χ1n) is 8.47. The average molecular weight is 333 g/mol. The number of esters is 1. The van der Waals surface area contributed by atoms with Crippen molar-refractivity contribution in [2.45, 2.75) is 32.7 Å². The zero-order chi connectivity index (χ0) is 17.5. The number of methoxy groups -OCH3 is 1. The predicted molar refractivity (Wildman–Crippen MR) is 94.2 cm³/mol. The van der Waals surface area contributed by atoms with Crippen molar-refractivity contribution < 1.29 is 14.3 Å². The Bertz CT molecular complexity index is 576. The number of anilines is 1. The SMILES string of the molecule is COC(=O)c1cccc(NC(=O)NC[C@@H](C)N2CCC[C@H](C)C2)c1. The van der Waals surface area contributed by atoms with Gasteiger partial charge in [0, 0.05) is 24.8 Å². The van der Waals surface area contributed by atoms with Crippen LogP contribution < -0.4 is 10.6 Å². The topological polar surface area (TPSA) is 70.7 Å². The molecule has 2 N–H and O–H groups in total. The minimum Gasteiger partial charge on any atom is -0.465 e. The molecule has 0 unspecified atom stereocenters. The summed E-state index contributed by atoms with van der Waals surface area (Å²) in [5.74, 6) is 0.294. The lowest BCUT2D eigenvalue weighted by atomic mass is 9.99. The van der Waals surface area contributed by atoms with E-state index in [1.807, 2.05) is 0 Å². The summed E-state index contributed by atoms with van der Waals surface area (Å²) in [6.45, 7) is 7.18. The minimum absolute atomic E-state index is 0.270. The number of amides is 2. The number of piperidine rings is 1. The van der Waals surface area contributed by atoms with Gasteiger partial charge < -0.3 is 15.4 Å². The van der Waals surface area contributed by atoms with Crippen LogP contribution in [0.4, 0.5) is 10.5 Å². The fraction of sp³-hybridized carbons (Fsp3) is 0.556. The third-order valence-electron chi connectivity index (χ3n) is 4.41. The van der Waals surface area contributed by atoms with Crippen molar-refractivity contribution in [3.63, 3.8) is 0 Å². The van der Waals surface area contributed by atoms with Gasteiger partial charge in [0.05, 0.1) is 12.7 Å². The van der Waals surface area contributed by atoms with E-state index in [9.17, 15) is 9.59 Å². The largest absolute Gasteiger partial charge is 0.465 e. The Kier molecular flexibility index (Phi) is 6.61. The van der Waals surface area contributed by atoms with Crippen molar-refractivity contribution in [1.29, 1.82) is 0 Å². The lowest BCUT2D eigenvalue weighted by molar-refractivity contribution is 0.0600. The quantitative estimate of drug-likeness (QED) is 0.813. The van der Waals surface area contributed by atoms with E-state index < -0.39 is 5.97 Å². The van der Waals surface area contributed by atoms with Crippen LogP contribution in [0.15, 0.2) is 24.3 Å². The van der Waals surface area contributed by atoms with Crippen molar-refractivity contribution in [3.05, 3.63) is 29.8 Å². The third-order valence-corrected chi connectivity index (χ3v) is 4.41. The van der Waals surface area contributed by atoms with E-state index in [4.69, 9.17) is 0 Å². The van der Waals surface area contributed by atoms with E-state index in [1.54, 1.807) is 24.3 Å². The Balaban J connectivity index is 1.81. The molecule has 2 atom stereocenters. The molecule has 2 rings (SSSR count). The van der Waals surface area contributed by atoms with Crippen molar-refractivity contribution in [2.75, 3.05) is 32.1 Å². The highest BCUT2D eigenvalue weighted by atomic mass is 16.5. The lowest BCUT2D eigenvalue weighted by Gasteiger charge is -2.35. The summed E-state index contributed by atoms with van der Waals surface area (Å²) in [5.41, 5.74) is 0.973. The van der Waals surface area contributed by atoms with E-state index in [-0.39, 0.29) is 6.03 Å². The zero-order valence-corrected chi connectivity index (χ0v) is 14.7. The van der Waals surface area contributed by atoms with Crippen LogP contribution in [0.5, 0.6) is 0 Å². The molecule has 132 valence electrons. The number of hydrogen-bond acceptors (Lipinski definition) is 4. The summed E-state index contributed by atoms with van der Waals surface area (Å²) in [6.07, 6.45) is 2.51. The normalized spacial score (nSPS) is 19.4. The summed E-state index contributed by atoms with van der Waals surface area (Å²) in [7, 11) is 1.33. The van der Waals surface area contributed by atoms with Gasteiger partial charge in [-0.3, -0.25) is 4.90 Å². The smallest absolute Gasteiger partial charge is 0.337 e. The van der Waals surface area contributed by atoms with Gasteiger partial charge in [-0.15, -0.1) is 0 Å². The third kappa shape index (κ3) is 5.23. The van der Waals surface area contributed by atoms with Crippen molar-refractivity contribution in [3.8, 4) is 0 Å². The van der Waals surface area contributed by atoms with E-state index in [0.29, 0.717) is 23.8 Å². The first-order valence-corrected chi connectivity index (χ1v) is 8.47. The molecule has 1 aromatic rings. The van der Waals surface area contributed by atoms with Gasteiger partial charge in [0.25, 0.3) is 0 Å². The molecule has 0 aliphatic carbocycles. The number of likely N-dealkylation sites (tertiary alicyclic amines) is 1. The molecule has 0 saturated carbocycles. The maximum Gasteiger partial charge on any atom is 0.337 e. The molecule has 0 radical (unpaired) electrons. The molecule has 1 aromatic carbocycles. The van der Waals surface area contributed by atoms with Gasteiger partial charge in [-0.05, 0) is 50.4 Å². The number of benzene rings is 1. The van der Waals surface area contributed by atoms with Crippen LogP contribution in [0.1, 0.15) is 37.0 Å². The van der Waals surface area contributed by atoms with E-state index in [2.05, 4.69) is 34.1 Å². The number of hydrogen-bond donors (Lipinski definition) is 2. The van der Waals surface area contributed by atoms with Crippen LogP contribution >= 0.6 is 0 Å². The van der Waals surface area contributed by atoms with Crippen molar-refractivity contribution in [2.24, 2.45) is 5.92 Å². The van der Waals surface area contributed by atoms with Crippen LogP contribution in [-0.2, 0) is 4.74 Å². The molecule has 1 aliphatic rings. The standard InChI is InChI=1S/C18H27N3O3/c1-13-6-5-9-21(12-13)14(2)11-19-18(23)20-16-8-4-7-15(10-16)17(22)24-3/h4,7-8,10,13-14H,5-6,9,11-12H2,1-3H3,(H2,19,20,23)/t13-,14+/m0/s1. The van der Waals surface area contributed by atoms with E-state index >= 15 is 0 Å². The van der Waals surface area contributed by atoms with Gasteiger partial charge in [-0.25, -0.2) is 9.59 Å². The number of rotatable bonds is 5. The van der Waals surface area contributed by atoms with E-state index in [1.165, 1.54) is 20.0 Å². The molecule has 24 heavy (non-hydrogen) atoms. The molecule has 1 aliphatic heterocycles. The number of ether oxygens (including phenoxy) is 1. The molecule has 1 fully saturated rings. The maximum absolute atomic E-state index is 12.1. The predicted octanol–water partition coefficient (Wildman–Crippen LogP) is 2.72. The second kappa shape index (κ2) is 8.68. The van der Waals surface area contributed by atoms with Crippen LogP contribution in [0, 0.1) is 5.92 Å². The van der Waals surface area contributed by atoms with Crippen LogP contribution in [-0.4, -0.2) is 49.7 Å². The molecule has 6 heteroatoms. The Labute approximate surface area is 143 Å². The van der Waals surface area contributed by atoms with Gasteiger partial charge in [-0.2, -0.15) is 0 Å². The second-order valence-corrected chi connectivity index (χ2v) is 6.50. The number of nitrogens with zero attached hydrogens (tertiary/aromatic N) is 1. The molecule has 0 spiro atoms. The summed E-state index contributed by atoms with van der Waals surface area (Å²) in [4.78, 5) is 26.0. The van der Waals surface area contributed by atoms with Gasteiger partial charge in [0.15, 0.2) is 0 Å². The zero-order valence-electron chi connectivity index (χ0n) is 14.7. The Morgan fingerprint density at radius 1 is 1.42 bits per heavy atom. The molecule has 0 aromatic heterocycles. The first kappa shape index (κ1) is 18.3. The number of carbonyl (C=O) groups is 2. The summed E-state index contributed by atoms with van der Waals surface area (Å²) < 4.78 is 4.68. The molecule has 1 saturated heterocycles. The first-order chi connectivity index (χ1) is 11.5. The van der Waals surface area contributed by atoms with E-state index in [0.717, 1.165) is 19.0 Å². The summed E-state index contributed by atoms with van der Waals surface area (Å²) in [5, 5.41) is 5.65. The van der Waals surface area contributed by atoms with Crippen LogP contribution in [0.3, 0.4) is 0 Å². The number of carbonyl (C=O) groups excluding carboxylic acids is 2. The minimum atomic E-state index is -0.424. The summed E-state index contributed by atoms with van der Waals surface area (Å²) >= 11 is 0. The molecule has 1 heterocycles. The van der Waals surface area contributed by atoms with Gasteiger partial charge in [0.1, 0.15) is 0 Å². The van der Waals surface area contributed by atoms with Crippen LogP contribution in [0.2, 0.25) is 0 Å².